The Bertz CT molecular complexity index is 1140. The minimum atomic E-state index is -4.02. The van der Waals surface area contributed by atoms with Gasteiger partial charge in [-0.15, -0.1) is 0 Å². The second-order valence-electron chi connectivity index (χ2n) is 5.49. The molecular formula is C16H13BrN4O4S. The highest BCUT2D eigenvalue weighted by Gasteiger charge is 2.19. The van der Waals surface area contributed by atoms with Crippen LogP contribution in [0.1, 0.15) is 11.1 Å². The van der Waals surface area contributed by atoms with Crippen LogP contribution in [-0.2, 0) is 10.0 Å². The number of fused-ring (bicyclic) bond motifs is 1. The van der Waals surface area contributed by atoms with E-state index >= 15 is 0 Å². The van der Waals surface area contributed by atoms with Crippen LogP contribution >= 0.6 is 15.9 Å². The van der Waals surface area contributed by atoms with E-state index in [1.807, 2.05) is 18.2 Å². The van der Waals surface area contributed by atoms with Gasteiger partial charge in [-0.2, -0.15) is 13.5 Å². The van der Waals surface area contributed by atoms with Crippen LogP contribution in [0.3, 0.4) is 0 Å². The number of nitro groups is 1. The Morgan fingerprint density at radius 2 is 2.04 bits per heavy atom. The minimum absolute atomic E-state index is 0.228. The lowest BCUT2D eigenvalue weighted by atomic mass is 10.2. The van der Waals surface area contributed by atoms with Gasteiger partial charge in [0.1, 0.15) is 0 Å². The number of hydrogen-bond acceptors (Lipinski definition) is 5. The van der Waals surface area contributed by atoms with Crippen LogP contribution in [0.4, 0.5) is 5.69 Å². The van der Waals surface area contributed by atoms with Crippen molar-refractivity contribution in [2.45, 2.75) is 11.8 Å². The van der Waals surface area contributed by atoms with Crippen LogP contribution in [-0.4, -0.2) is 24.5 Å². The van der Waals surface area contributed by atoms with E-state index in [0.717, 1.165) is 21.4 Å². The number of rotatable bonds is 5. The van der Waals surface area contributed by atoms with E-state index in [0.29, 0.717) is 11.1 Å². The molecule has 0 radical (unpaired) electrons. The Kier molecular flexibility index (Phi) is 4.79. The van der Waals surface area contributed by atoms with Crippen LogP contribution in [0.15, 0.2) is 57.1 Å². The van der Waals surface area contributed by atoms with Gasteiger partial charge in [0.15, 0.2) is 0 Å². The van der Waals surface area contributed by atoms with Crippen LogP contribution < -0.4 is 4.83 Å². The SMILES string of the molecule is Cc1ccc(S(=O)(=O)NN=Cc2c[nH]c3ccc(Br)cc23)cc1[N+](=O)[O-]. The molecule has 0 bridgehead atoms. The van der Waals surface area contributed by atoms with Crippen LogP contribution in [0.25, 0.3) is 10.9 Å². The third-order valence-electron chi connectivity index (χ3n) is 3.74. The largest absolute Gasteiger partial charge is 0.361 e. The van der Waals surface area contributed by atoms with E-state index in [9.17, 15) is 18.5 Å². The summed E-state index contributed by atoms with van der Waals surface area (Å²) < 4.78 is 25.5. The molecule has 1 heterocycles. The summed E-state index contributed by atoms with van der Waals surface area (Å²) in [5, 5.41) is 15.6. The van der Waals surface area contributed by atoms with E-state index in [1.54, 1.807) is 6.20 Å². The number of halogens is 1. The molecule has 10 heteroatoms. The summed E-state index contributed by atoms with van der Waals surface area (Å²) in [7, 11) is -4.02. The topological polar surface area (TPSA) is 117 Å². The summed E-state index contributed by atoms with van der Waals surface area (Å²) in [4.78, 5) is 15.3. The third-order valence-corrected chi connectivity index (χ3v) is 5.45. The van der Waals surface area contributed by atoms with Gasteiger partial charge in [0.05, 0.1) is 16.0 Å². The van der Waals surface area contributed by atoms with Crippen LogP contribution in [0.5, 0.6) is 0 Å². The predicted octanol–water partition coefficient (Wildman–Crippen LogP) is 3.46. The van der Waals surface area contributed by atoms with Gasteiger partial charge in [-0.25, -0.2) is 4.83 Å². The molecule has 3 rings (SSSR count). The first kappa shape index (κ1) is 18.1. The summed E-state index contributed by atoms with van der Waals surface area (Å²) in [5.41, 5.74) is 1.69. The molecule has 26 heavy (non-hydrogen) atoms. The molecule has 8 nitrogen and oxygen atoms in total. The molecule has 0 amide bonds. The second kappa shape index (κ2) is 6.89. The van der Waals surface area contributed by atoms with Crippen molar-refractivity contribution in [1.29, 1.82) is 0 Å². The predicted molar refractivity (Wildman–Crippen MR) is 102 cm³/mol. The van der Waals surface area contributed by atoms with Gasteiger partial charge < -0.3 is 4.98 Å². The number of aryl methyl sites for hydroxylation is 1. The van der Waals surface area contributed by atoms with Crippen molar-refractivity contribution in [2.75, 3.05) is 0 Å². The monoisotopic (exact) mass is 436 g/mol. The molecule has 0 fully saturated rings. The number of aromatic nitrogens is 1. The van der Waals surface area contributed by atoms with Crippen molar-refractivity contribution in [1.82, 2.24) is 9.82 Å². The Morgan fingerprint density at radius 1 is 1.27 bits per heavy atom. The van der Waals surface area contributed by atoms with Crippen molar-refractivity contribution >= 4 is 48.8 Å². The highest BCUT2D eigenvalue weighted by Crippen LogP contribution is 2.23. The number of benzene rings is 2. The standard InChI is InChI=1S/C16H13BrN4O4S/c1-10-2-4-13(7-16(10)21(22)23)26(24,25)20-19-9-11-8-18-15-5-3-12(17)6-14(11)15/h2-9,18,20H,1H3. The first-order chi connectivity index (χ1) is 12.3. The van der Waals surface area contributed by atoms with Crippen molar-refractivity contribution in [3.63, 3.8) is 0 Å². The molecule has 3 aromatic rings. The smallest absolute Gasteiger partial charge is 0.276 e. The number of nitrogens with zero attached hydrogens (tertiary/aromatic N) is 2. The van der Waals surface area contributed by atoms with Crippen molar-refractivity contribution in [3.05, 3.63) is 68.3 Å². The zero-order chi connectivity index (χ0) is 18.9. The normalized spacial score (nSPS) is 11.9. The Morgan fingerprint density at radius 3 is 2.77 bits per heavy atom. The van der Waals surface area contributed by atoms with Gasteiger partial charge in [0, 0.05) is 38.8 Å². The molecule has 134 valence electrons. The van der Waals surface area contributed by atoms with Crippen molar-refractivity contribution < 1.29 is 13.3 Å². The van der Waals surface area contributed by atoms with Crippen molar-refractivity contribution in [3.8, 4) is 0 Å². The lowest BCUT2D eigenvalue weighted by Gasteiger charge is -2.04. The fourth-order valence-corrected chi connectivity index (χ4v) is 3.56. The van der Waals surface area contributed by atoms with Crippen LogP contribution in [0, 0.1) is 17.0 Å². The lowest BCUT2D eigenvalue weighted by molar-refractivity contribution is -0.385. The summed E-state index contributed by atoms with van der Waals surface area (Å²) in [6, 6.07) is 9.33. The molecular weight excluding hydrogens is 424 g/mol. The zero-order valence-corrected chi connectivity index (χ0v) is 15.8. The summed E-state index contributed by atoms with van der Waals surface area (Å²) in [5.74, 6) is 0. The molecule has 0 saturated carbocycles. The lowest BCUT2D eigenvalue weighted by Crippen LogP contribution is -2.18. The molecule has 2 N–H and O–H groups in total. The summed E-state index contributed by atoms with van der Waals surface area (Å²) in [6.07, 6.45) is 3.07. The molecule has 1 aromatic heterocycles. The van der Waals surface area contributed by atoms with Gasteiger partial charge in [0.2, 0.25) is 0 Å². The minimum Gasteiger partial charge on any atom is -0.361 e. The third kappa shape index (κ3) is 3.60. The van der Waals surface area contributed by atoms with E-state index in [4.69, 9.17) is 0 Å². The average molecular weight is 437 g/mol. The number of nitro benzene ring substituents is 1. The molecule has 0 spiro atoms. The molecule has 0 aliphatic heterocycles. The maximum Gasteiger partial charge on any atom is 0.276 e. The van der Waals surface area contributed by atoms with E-state index in [2.05, 4.69) is 30.8 Å². The first-order valence-corrected chi connectivity index (χ1v) is 9.62. The first-order valence-electron chi connectivity index (χ1n) is 7.34. The maximum absolute atomic E-state index is 12.3. The average Bonchev–Trinajstić information content (AvgIpc) is 2.97. The number of H-pyrrole nitrogens is 1. The Balaban J connectivity index is 1.86. The van der Waals surface area contributed by atoms with Gasteiger partial charge in [0.25, 0.3) is 15.7 Å². The number of sulfonamides is 1. The number of aromatic amines is 1. The quantitative estimate of drug-likeness (QED) is 0.361. The summed E-state index contributed by atoms with van der Waals surface area (Å²) >= 11 is 3.38. The van der Waals surface area contributed by atoms with E-state index < -0.39 is 14.9 Å². The molecule has 0 atom stereocenters. The van der Waals surface area contributed by atoms with Gasteiger partial charge in [-0.3, -0.25) is 10.1 Å². The summed E-state index contributed by atoms with van der Waals surface area (Å²) in [6.45, 7) is 1.54. The Labute approximate surface area is 157 Å². The molecule has 0 aliphatic rings. The number of hydrogen-bond donors (Lipinski definition) is 2. The second-order valence-corrected chi connectivity index (χ2v) is 8.07. The van der Waals surface area contributed by atoms with Gasteiger partial charge >= 0.3 is 0 Å². The molecule has 0 aliphatic carbocycles. The number of hydrazone groups is 1. The molecule has 0 saturated heterocycles. The fraction of sp³-hybridized carbons (Fsp3) is 0.0625. The zero-order valence-electron chi connectivity index (χ0n) is 13.4. The Hall–Kier alpha value is -2.72. The molecule has 2 aromatic carbocycles. The maximum atomic E-state index is 12.3. The van der Waals surface area contributed by atoms with E-state index in [-0.39, 0.29) is 10.6 Å². The van der Waals surface area contributed by atoms with Crippen LogP contribution in [0.2, 0.25) is 0 Å². The number of nitrogens with one attached hydrogen (secondary N) is 2. The van der Waals surface area contributed by atoms with Crippen molar-refractivity contribution in [2.24, 2.45) is 5.10 Å². The molecule has 0 unspecified atom stereocenters. The van der Waals surface area contributed by atoms with Gasteiger partial charge in [-0.1, -0.05) is 22.0 Å². The fourth-order valence-electron chi connectivity index (χ4n) is 2.39. The highest BCUT2D eigenvalue weighted by atomic mass is 79.9. The van der Waals surface area contributed by atoms with E-state index in [1.165, 1.54) is 25.3 Å². The van der Waals surface area contributed by atoms with Gasteiger partial charge in [-0.05, 0) is 31.2 Å². The highest BCUT2D eigenvalue weighted by molar-refractivity contribution is 9.10.